The fraction of sp³-hybridized carbons (Fsp3) is 0.333. The van der Waals surface area contributed by atoms with E-state index < -0.39 is 12.2 Å². The number of phenolic OH excluding ortho intramolecular Hbond substituents is 4. The van der Waals surface area contributed by atoms with Crippen molar-refractivity contribution in [2.75, 3.05) is 6.61 Å². The number of aliphatic hydroxyl groups is 1. The van der Waals surface area contributed by atoms with Crippen LogP contribution in [0.4, 0.5) is 0 Å². The average molecular weight is 372 g/mol. The topological polar surface area (TPSA) is 110 Å². The molecular weight excluding hydrogens is 348 g/mol. The number of benzene rings is 2. The first-order chi connectivity index (χ1) is 12.9. The predicted molar refractivity (Wildman–Crippen MR) is 101 cm³/mol. The van der Waals surface area contributed by atoms with Crippen molar-refractivity contribution in [1.82, 2.24) is 0 Å². The van der Waals surface area contributed by atoms with E-state index in [0.717, 1.165) is 12.8 Å². The van der Waals surface area contributed by atoms with Gasteiger partial charge >= 0.3 is 0 Å². The van der Waals surface area contributed by atoms with Gasteiger partial charge in [-0.15, -0.1) is 0 Å². The molecule has 0 saturated heterocycles. The highest BCUT2D eigenvalue weighted by molar-refractivity contribution is 5.46. The van der Waals surface area contributed by atoms with Crippen LogP contribution in [0.3, 0.4) is 0 Å². The van der Waals surface area contributed by atoms with Gasteiger partial charge in [0.1, 0.15) is 6.10 Å². The molecule has 0 aliphatic rings. The third-order valence-corrected chi connectivity index (χ3v) is 3.99. The Morgan fingerprint density at radius 3 is 2.22 bits per heavy atom. The zero-order valence-electron chi connectivity index (χ0n) is 15.1. The van der Waals surface area contributed by atoms with Crippen LogP contribution in [0.2, 0.25) is 0 Å². The van der Waals surface area contributed by atoms with Crippen molar-refractivity contribution in [2.45, 2.75) is 38.4 Å². The molecular formula is C21H24O6. The Balaban J connectivity index is 2.13. The largest absolute Gasteiger partial charge is 0.504 e. The zero-order valence-corrected chi connectivity index (χ0v) is 15.1. The van der Waals surface area contributed by atoms with Crippen LogP contribution >= 0.6 is 0 Å². The van der Waals surface area contributed by atoms with Gasteiger partial charge in [-0.25, -0.2) is 0 Å². The van der Waals surface area contributed by atoms with Gasteiger partial charge < -0.3 is 30.3 Å². The molecule has 2 atom stereocenters. The van der Waals surface area contributed by atoms with Crippen LogP contribution in [0.5, 0.6) is 23.0 Å². The molecule has 6 nitrogen and oxygen atoms in total. The molecule has 0 aliphatic heterocycles. The van der Waals surface area contributed by atoms with Gasteiger partial charge in [0.2, 0.25) is 0 Å². The molecule has 0 spiro atoms. The standard InChI is InChI=1S/C21H24O6/c1-2-3-11-27-21(15-8-10-17(23)20(26)13-15)18(24)6-4-5-14-7-9-16(22)19(25)12-14/h7-10,12-13,18,21-26H,2-3,6,11H2,1H3/t18-,21-/m0/s1. The molecule has 0 unspecified atom stereocenters. The summed E-state index contributed by atoms with van der Waals surface area (Å²) in [6.45, 7) is 2.47. The Bertz CT molecular complexity index is 821. The van der Waals surface area contributed by atoms with Gasteiger partial charge in [0.05, 0.1) is 6.10 Å². The van der Waals surface area contributed by atoms with E-state index in [2.05, 4.69) is 11.8 Å². The first-order valence-electron chi connectivity index (χ1n) is 8.74. The molecule has 0 radical (unpaired) electrons. The smallest absolute Gasteiger partial charge is 0.158 e. The van der Waals surface area contributed by atoms with E-state index in [-0.39, 0.29) is 29.4 Å². The second-order valence-corrected chi connectivity index (χ2v) is 6.17. The first-order valence-corrected chi connectivity index (χ1v) is 8.74. The minimum atomic E-state index is -0.955. The van der Waals surface area contributed by atoms with E-state index in [4.69, 9.17) is 4.74 Å². The van der Waals surface area contributed by atoms with Gasteiger partial charge in [0.25, 0.3) is 0 Å². The van der Waals surface area contributed by atoms with E-state index in [9.17, 15) is 25.5 Å². The van der Waals surface area contributed by atoms with Crippen LogP contribution < -0.4 is 0 Å². The van der Waals surface area contributed by atoms with E-state index in [1.54, 1.807) is 12.1 Å². The lowest BCUT2D eigenvalue weighted by atomic mass is 10.0. The number of ether oxygens (including phenoxy) is 1. The van der Waals surface area contributed by atoms with Crippen LogP contribution in [-0.2, 0) is 4.74 Å². The highest BCUT2D eigenvalue weighted by Crippen LogP contribution is 2.31. The molecule has 0 bridgehead atoms. The minimum Gasteiger partial charge on any atom is -0.504 e. The summed E-state index contributed by atoms with van der Waals surface area (Å²) in [6.07, 6.45) is 0.203. The number of aromatic hydroxyl groups is 4. The Kier molecular flexibility index (Phi) is 7.35. The summed E-state index contributed by atoms with van der Waals surface area (Å²) >= 11 is 0. The molecule has 144 valence electrons. The quantitative estimate of drug-likeness (QED) is 0.290. The van der Waals surface area contributed by atoms with Crippen molar-refractivity contribution in [3.05, 3.63) is 47.5 Å². The maximum absolute atomic E-state index is 10.5. The molecule has 0 saturated carbocycles. The van der Waals surface area contributed by atoms with Gasteiger partial charge in [0, 0.05) is 18.6 Å². The average Bonchev–Trinajstić information content (AvgIpc) is 2.64. The van der Waals surface area contributed by atoms with E-state index in [1.807, 2.05) is 6.92 Å². The van der Waals surface area contributed by atoms with Gasteiger partial charge in [-0.2, -0.15) is 0 Å². The molecule has 2 aromatic carbocycles. The molecule has 0 aliphatic carbocycles. The summed E-state index contributed by atoms with van der Waals surface area (Å²) in [7, 11) is 0. The van der Waals surface area contributed by atoms with E-state index >= 15 is 0 Å². The lowest BCUT2D eigenvalue weighted by Crippen LogP contribution is -2.21. The van der Waals surface area contributed by atoms with E-state index in [1.165, 1.54) is 24.3 Å². The monoisotopic (exact) mass is 372 g/mol. The molecule has 0 fully saturated rings. The van der Waals surface area contributed by atoms with Gasteiger partial charge in [0.15, 0.2) is 23.0 Å². The molecule has 2 rings (SSSR count). The third-order valence-electron chi connectivity index (χ3n) is 3.99. The van der Waals surface area contributed by atoms with Crippen molar-refractivity contribution in [1.29, 1.82) is 0 Å². The summed E-state index contributed by atoms with van der Waals surface area (Å²) in [6, 6.07) is 8.52. The fourth-order valence-corrected chi connectivity index (χ4v) is 2.47. The zero-order chi connectivity index (χ0) is 19.8. The summed E-state index contributed by atoms with van der Waals surface area (Å²) in [5.74, 6) is 4.63. The Hall–Kier alpha value is -2.88. The van der Waals surface area contributed by atoms with Crippen molar-refractivity contribution < 1.29 is 30.3 Å². The second kappa shape index (κ2) is 9.72. The number of rotatable bonds is 7. The Morgan fingerprint density at radius 2 is 1.59 bits per heavy atom. The number of hydrogen-bond donors (Lipinski definition) is 5. The lowest BCUT2D eigenvalue weighted by molar-refractivity contribution is -0.0380. The van der Waals surface area contributed by atoms with Crippen LogP contribution in [0.25, 0.3) is 0 Å². The number of aliphatic hydroxyl groups excluding tert-OH is 1. The van der Waals surface area contributed by atoms with E-state index in [0.29, 0.717) is 17.7 Å². The highest BCUT2D eigenvalue weighted by atomic mass is 16.5. The van der Waals surface area contributed by atoms with Crippen LogP contribution in [0.1, 0.15) is 43.4 Å². The summed E-state index contributed by atoms with van der Waals surface area (Å²) in [5.41, 5.74) is 1.04. The van der Waals surface area contributed by atoms with Crippen LogP contribution in [0.15, 0.2) is 36.4 Å². The Morgan fingerprint density at radius 1 is 0.926 bits per heavy atom. The number of unbranched alkanes of at least 4 members (excludes halogenated alkanes) is 1. The van der Waals surface area contributed by atoms with Gasteiger partial charge in [-0.3, -0.25) is 0 Å². The molecule has 2 aromatic rings. The summed E-state index contributed by atoms with van der Waals surface area (Å²) in [5, 5.41) is 48.5. The molecule has 27 heavy (non-hydrogen) atoms. The summed E-state index contributed by atoms with van der Waals surface area (Å²) in [4.78, 5) is 0. The molecule has 0 aromatic heterocycles. The predicted octanol–water partition coefficient (Wildman–Crippen LogP) is 3.17. The number of phenols is 4. The van der Waals surface area contributed by atoms with Crippen LogP contribution in [-0.4, -0.2) is 38.2 Å². The molecule has 0 amide bonds. The first kappa shape index (κ1) is 20.4. The van der Waals surface area contributed by atoms with Gasteiger partial charge in [-0.05, 0) is 42.3 Å². The van der Waals surface area contributed by atoms with Crippen molar-refractivity contribution in [3.8, 4) is 34.8 Å². The van der Waals surface area contributed by atoms with Crippen molar-refractivity contribution in [2.24, 2.45) is 0 Å². The third kappa shape index (κ3) is 5.81. The maximum atomic E-state index is 10.5. The molecule has 5 N–H and O–H groups in total. The SMILES string of the molecule is CCCCO[C@@H](c1ccc(O)c(O)c1)[C@@H](O)CC#Cc1ccc(O)c(O)c1. The normalized spacial score (nSPS) is 12.8. The summed E-state index contributed by atoms with van der Waals surface area (Å²) < 4.78 is 5.78. The van der Waals surface area contributed by atoms with Crippen molar-refractivity contribution >= 4 is 0 Å². The fourth-order valence-electron chi connectivity index (χ4n) is 2.47. The minimum absolute atomic E-state index is 0.0973. The highest BCUT2D eigenvalue weighted by Gasteiger charge is 2.22. The second-order valence-electron chi connectivity index (χ2n) is 6.17. The molecule has 6 heteroatoms. The number of hydrogen-bond acceptors (Lipinski definition) is 6. The molecule has 0 heterocycles. The van der Waals surface area contributed by atoms with Crippen molar-refractivity contribution in [3.63, 3.8) is 0 Å². The van der Waals surface area contributed by atoms with Crippen LogP contribution in [0, 0.1) is 11.8 Å². The van der Waals surface area contributed by atoms with Gasteiger partial charge in [-0.1, -0.05) is 31.3 Å². The Labute approximate surface area is 158 Å². The maximum Gasteiger partial charge on any atom is 0.158 e. The lowest BCUT2D eigenvalue weighted by Gasteiger charge is -2.23.